The lowest BCUT2D eigenvalue weighted by Crippen LogP contribution is -2.44. The first-order valence-electron chi connectivity index (χ1n) is 8.40. The van der Waals surface area contributed by atoms with Gasteiger partial charge in [0.1, 0.15) is 5.75 Å². The van der Waals surface area contributed by atoms with Gasteiger partial charge >= 0.3 is 6.61 Å². The normalized spacial score (nSPS) is 18.1. The zero-order chi connectivity index (χ0) is 17.4. The van der Waals surface area contributed by atoms with E-state index < -0.39 is 6.61 Å². The Bertz CT molecular complexity index is 539. The van der Waals surface area contributed by atoms with Crippen molar-refractivity contribution in [3.8, 4) is 5.75 Å². The quantitative estimate of drug-likeness (QED) is 0.455. The maximum absolute atomic E-state index is 12.6. The molecule has 134 valence electrons. The van der Waals surface area contributed by atoms with Crippen molar-refractivity contribution in [3.63, 3.8) is 0 Å². The molecule has 2 N–H and O–H groups in total. The summed E-state index contributed by atoms with van der Waals surface area (Å²) in [4.78, 5) is 6.29. The SMILES string of the molecule is CCCCNC(=NC)NC1CCN(c2ccccc2OC(F)F)C1. The lowest BCUT2D eigenvalue weighted by Gasteiger charge is -2.22. The molecule has 0 amide bonds. The Morgan fingerprint density at radius 1 is 1.42 bits per heavy atom. The van der Waals surface area contributed by atoms with Gasteiger partial charge in [-0.3, -0.25) is 4.99 Å². The molecule has 1 saturated heterocycles. The van der Waals surface area contributed by atoms with Crippen molar-refractivity contribution in [2.24, 2.45) is 4.99 Å². The summed E-state index contributed by atoms with van der Waals surface area (Å²) in [5, 5.41) is 6.68. The average molecular weight is 340 g/mol. The van der Waals surface area contributed by atoms with E-state index in [1.807, 2.05) is 12.1 Å². The molecular formula is C17H26F2N4O. The number of unbranched alkanes of at least 4 members (excludes halogenated alkanes) is 1. The molecule has 1 unspecified atom stereocenters. The lowest BCUT2D eigenvalue weighted by atomic mass is 10.2. The third kappa shape index (κ3) is 5.25. The van der Waals surface area contributed by atoms with E-state index in [0.29, 0.717) is 5.69 Å². The molecule has 0 spiro atoms. The maximum Gasteiger partial charge on any atom is 0.387 e. The molecule has 0 radical (unpaired) electrons. The van der Waals surface area contributed by atoms with E-state index in [2.05, 4.69) is 32.2 Å². The van der Waals surface area contributed by atoms with Crippen molar-refractivity contribution in [1.82, 2.24) is 10.6 Å². The molecule has 0 bridgehead atoms. The van der Waals surface area contributed by atoms with Gasteiger partial charge in [0.2, 0.25) is 0 Å². The van der Waals surface area contributed by atoms with E-state index in [1.165, 1.54) is 0 Å². The number of guanidine groups is 1. The number of hydrogen-bond donors (Lipinski definition) is 2. The van der Waals surface area contributed by atoms with Crippen LogP contribution in [0.15, 0.2) is 29.3 Å². The van der Waals surface area contributed by atoms with Gasteiger partial charge in [0.25, 0.3) is 0 Å². The van der Waals surface area contributed by atoms with Crippen LogP contribution >= 0.6 is 0 Å². The molecule has 1 aliphatic heterocycles. The largest absolute Gasteiger partial charge is 0.433 e. The molecule has 5 nitrogen and oxygen atoms in total. The minimum absolute atomic E-state index is 0.220. The van der Waals surface area contributed by atoms with Crippen molar-refractivity contribution in [1.29, 1.82) is 0 Å². The topological polar surface area (TPSA) is 48.9 Å². The molecule has 0 saturated carbocycles. The fourth-order valence-corrected chi connectivity index (χ4v) is 2.78. The van der Waals surface area contributed by atoms with Gasteiger partial charge in [-0.2, -0.15) is 8.78 Å². The van der Waals surface area contributed by atoms with Gasteiger partial charge in [-0.25, -0.2) is 0 Å². The van der Waals surface area contributed by atoms with Crippen LogP contribution in [0.1, 0.15) is 26.2 Å². The summed E-state index contributed by atoms with van der Waals surface area (Å²) in [6, 6.07) is 7.14. The Hall–Kier alpha value is -2.05. The molecule has 2 rings (SSSR count). The highest BCUT2D eigenvalue weighted by atomic mass is 19.3. The summed E-state index contributed by atoms with van der Waals surface area (Å²) in [5.41, 5.74) is 0.705. The van der Waals surface area contributed by atoms with E-state index in [-0.39, 0.29) is 11.8 Å². The molecule has 1 atom stereocenters. The summed E-state index contributed by atoms with van der Waals surface area (Å²) in [5.74, 6) is 1.01. The standard InChI is InChI=1S/C17H26F2N4O/c1-3-4-10-21-17(20-2)22-13-9-11-23(12-13)14-7-5-6-8-15(14)24-16(18)19/h5-8,13,16H,3-4,9-12H2,1-2H3,(H2,20,21,22). The Morgan fingerprint density at radius 2 is 2.21 bits per heavy atom. The van der Waals surface area contributed by atoms with Gasteiger partial charge in [0.15, 0.2) is 5.96 Å². The predicted octanol–water partition coefficient (Wildman–Crippen LogP) is 2.83. The summed E-state index contributed by atoms with van der Waals surface area (Å²) < 4.78 is 29.7. The van der Waals surface area contributed by atoms with Gasteiger partial charge in [-0.15, -0.1) is 0 Å². The van der Waals surface area contributed by atoms with Crippen LogP contribution in [-0.2, 0) is 0 Å². The van der Waals surface area contributed by atoms with Gasteiger partial charge in [0, 0.05) is 32.7 Å². The third-order valence-electron chi connectivity index (χ3n) is 4.00. The van der Waals surface area contributed by atoms with E-state index in [0.717, 1.165) is 44.9 Å². The molecule has 0 aromatic heterocycles. The van der Waals surface area contributed by atoms with Crippen molar-refractivity contribution < 1.29 is 13.5 Å². The van der Waals surface area contributed by atoms with Crippen LogP contribution in [0.4, 0.5) is 14.5 Å². The molecule has 0 aliphatic carbocycles. The van der Waals surface area contributed by atoms with Gasteiger partial charge in [-0.1, -0.05) is 25.5 Å². The Kier molecular flexibility index (Phi) is 7.08. The zero-order valence-corrected chi connectivity index (χ0v) is 14.3. The van der Waals surface area contributed by atoms with E-state index in [4.69, 9.17) is 0 Å². The number of alkyl halides is 2. The summed E-state index contributed by atoms with van der Waals surface area (Å²) in [6.45, 7) is 1.72. The molecule has 1 aromatic rings. The second kappa shape index (κ2) is 9.30. The summed E-state index contributed by atoms with van der Waals surface area (Å²) in [6.07, 6.45) is 3.13. The minimum atomic E-state index is -2.82. The fourth-order valence-electron chi connectivity index (χ4n) is 2.78. The Balaban J connectivity index is 1.93. The molecule has 1 heterocycles. The number of ether oxygens (including phenoxy) is 1. The predicted molar refractivity (Wildman–Crippen MR) is 93.1 cm³/mol. The third-order valence-corrected chi connectivity index (χ3v) is 4.00. The first-order valence-corrected chi connectivity index (χ1v) is 8.40. The number of halogens is 2. The summed E-state index contributed by atoms with van der Waals surface area (Å²) >= 11 is 0. The number of nitrogens with one attached hydrogen (secondary N) is 2. The highest BCUT2D eigenvalue weighted by Gasteiger charge is 2.25. The fraction of sp³-hybridized carbons (Fsp3) is 0.588. The second-order valence-electron chi connectivity index (χ2n) is 5.77. The molecule has 1 fully saturated rings. The molecule has 1 aliphatic rings. The molecule has 7 heteroatoms. The van der Waals surface area contributed by atoms with Crippen molar-refractivity contribution in [2.75, 3.05) is 31.6 Å². The molecular weight excluding hydrogens is 314 g/mol. The first-order chi connectivity index (χ1) is 11.6. The molecule has 1 aromatic carbocycles. The van der Waals surface area contributed by atoms with Crippen LogP contribution in [-0.4, -0.2) is 45.3 Å². The van der Waals surface area contributed by atoms with E-state index >= 15 is 0 Å². The van der Waals surface area contributed by atoms with Crippen molar-refractivity contribution in [2.45, 2.75) is 38.8 Å². The van der Waals surface area contributed by atoms with Crippen molar-refractivity contribution >= 4 is 11.6 Å². The Morgan fingerprint density at radius 3 is 2.92 bits per heavy atom. The number of nitrogens with zero attached hydrogens (tertiary/aromatic N) is 2. The highest BCUT2D eigenvalue weighted by molar-refractivity contribution is 5.80. The smallest absolute Gasteiger partial charge is 0.387 e. The molecule has 24 heavy (non-hydrogen) atoms. The first kappa shape index (κ1) is 18.3. The number of anilines is 1. The maximum atomic E-state index is 12.6. The van der Waals surface area contributed by atoms with E-state index in [9.17, 15) is 8.78 Å². The van der Waals surface area contributed by atoms with Crippen LogP contribution in [0, 0.1) is 0 Å². The Labute approximate surface area is 142 Å². The number of hydrogen-bond acceptors (Lipinski definition) is 3. The van der Waals surface area contributed by atoms with Gasteiger partial charge < -0.3 is 20.3 Å². The highest BCUT2D eigenvalue weighted by Crippen LogP contribution is 2.31. The number of benzene rings is 1. The van der Waals surface area contributed by atoms with E-state index in [1.54, 1.807) is 19.2 Å². The summed E-state index contributed by atoms with van der Waals surface area (Å²) in [7, 11) is 1.75. The van der Waals surface area contributed by atoms with Crippen molar-refractivity contribution in [3.05, 3.63) is 24.3 Å². The number of para-hydroxylation sites is 2. The monoisotopic (exact) mass is 340 g/mol. The minimum Gasteiger partial charge on any atom is -0.433 e. The average Bonchev–Trinajstić information content (AvgIpc) is 3.02. The van der Waals surface area contributed by atoms with Crippen LogP contribution in [0.5, 0.6) is 5.75 Å². The van der Waals surface area contributed by atoms with Crippen LogP contribution < -0.4 is 20.3 Å². The van der Waals surface area contributed by atoms with Crippen LogP contribution in [0.3, 0.4) is 0 Å². The van der Waals surface area contributed by atoms with Gasteiger partial charge in [-0.05, 0) is 25.0 Å². The van der Waals surface area contributed by atoms with Crippen LogP contribution in [0.25, 0.3) is 0 Å². The van der Waals surface area contributed by atoms with Gasteiger partial charge in [0.05, 0.1) is 5.69 Å². The second-order valence-corrected chi connectivity index (χ2v) is 5.77. The zero-order valence-electron chi connectivity index (χ0n) is 14.3. The van der Waals surface area contributed by atoms with Crippen LogP contribution in [0.2, 0.25) is 0 Å². The lowest BCUT2D eigenvalue weighted by molar-refractivity contribution is -0.0495. The number of rotatable bonds is 7. The number of aliphatic imine (C=N–C) groups is 1.